The summed E-state index contributed by atoms with van der Waals surface area (Å²) in [4.78, 5) is 33.7. The molecule has 3 aromatic heterocycles. The molecule has 4 rings (SSSR count). The molecule has 0 bridgehead atoms. The van der Waals surface area contributed by atoms with Gasteiger partial charge in [-0.2, -0.15) is 0 Å². The second kappa shape index (κ2) is 9.10. The molecule has 3 amide bonds. The van der Waals surface area contributed by atoms with Gasteiger partial charge in [-0.05, 0) is 24.6 Å². The molecule has 0 radical (unpaired) electrons. The first-order chi connectivity index (χ1) is 14.6. The Hall–Kier alpha value is -3.17. The van der Waals surface area contributed by atoms with Crippen LogP contribution >= 0.6 is 23.1 Å². The minimum Gasteiger partial charge on any atom is -0.467 e. The van der Waals surface area contributed by atoms with Crippen LogP contribution in [-0.2, 0) is 11.3 Å². The van der Waals surface area contributed by atoms with Crippen LogP contribution in [0.5, 0.6) is 0 Å². The lowest BCUT2D eigenvalue weighted by atomic mass is 10.1. The van der Waals surface area contributed by atoms with E-state index < -0.39 is 11.9 Å². The van der Waals surface area contributed by atoms with Crippen LogP contribution in [0, 0.1) is 6.92 Å². The average Bonchev–Trinajstić information content (AvgIpc) is 3.41. The van der Waals surface area contributed by atoms with Gasteiger partial charge in [-0.1, -0.05) is 41.6 Å². The number of hydrogen-bond donors (Lipinski definition) is 2. The molecule has 0 aliphatic rings. The number of aryl methyl sites for hydroxylation is 1. The van der Waals surface area contributed by atoms with Gasteiger partial charge in [-0.15, -0.1) is 11.3 Å². The molecular weight excluding hydrogens is 420 g/mol. The number of thiophene rings is 1. The van der Waals surface area contributed by atoms with E-state index in [0.717, 1.165) is 21.3 Å². The lowest BCUT2D eigenvalue weighted by Crippen LogP contribution is -2.39. The zero-order valence-electron chi connectivity index (χ0n) is 16.0. The predicted molar refractivity (Wildman–Crippen MR) is 117 cm³/mol. The normalized spacial score (nSPS) is 10.8. The first kappa shape index (κ1) is 20.1. The highest BCUT2D eigenvalue weighted by atomic mass is 32.2. The molecule has 0 aliphatic heterocycles. The summed E-state index contributed by atoms with van der Waals surface area (Å²) in [5.41, 5.74) is 3.30. The number of nitrogens with zero attached hydrogens (tertiary/aromatic N) is 2. The van der Waals surface area contributed by atoms with Crippen molar-refractivity contribution < 1.29 is 14.0 Å². The van der Waals surface area contributed by atoms with Crippen LogP contribution in [0.1, 0.15) is 11.3 Å². The van der Waals surface area contributed by atoms with Crippen molar-refractivity contribution in [3.63, 3.8) is 0 Å². The first-order valence-electron chi connectivity index (χ1n) is 9.12. The summed E-state index contributed by atoms with van der Waals surface area (Å²) in [6.07, 6.45) is 3.02. The topological polar surface area (TPSA) is 97.1 Å². The summed E-state index contributed by atoms with van der Waals surface area (Å²) < 4.78 is 5.14. The van der Waals surface area contributed by atoms with Gasteiger partial charge in [0.05, 0.1) is 23.9 Å². The predicted octanol–water partition coefficient (Wildman–Crippen LogP) is 4.38. The second-order valence-corrected chi connectivity index (χ2v) is 8.30. The maximum atomic E-state index is 12.2. The molecule has 0 aliphatic carbocycles. The molecule has 0 saturated heterocycles. The molecule has 152 valence electrons. The van der Waals surface area contributed by atoms with E-state index in [2.05, 4.69) is 50.2 Å². The van der Waals surface area contributed by atoms with Crippen molar-refractivity contribution in [2.75, 3.05) is 5.75 Å². The van der Waals surface area contributed by atoms with Gasteiger partial charge < -0.3 is 9.73 Å². The van der Waals surface area contributed by atoms with Gasteiger partial charge >= 0.3 is 6.03 Å². The summed E-state index contributed by atoms with van der Waals surface area (Å²) in [6, 6.07) is 11.1. The van der Waals surface area contributed by atoms with E-state index in [-0.39, 0.29) is 12.3 Å². The maximum Gasteiger partial charge on any atom is 0.321 e. The van der Waals surface area contributed by atoms with E-state index in [4.69, 9.17) is 4.42 Å². The number of benzene rings is 1. The molecule has 0 spiro atoms. The summed E-state index contributed by atoms with van der Waals surface area (Å²) in [6.45, 7) is 2.25. The Morgan fingerprint density at radius 2 is 2.00 bits per heavy atom. The van der Waals surface area contributed by atoms with Crippen LogP contribution < -0.4 is 10.6 Å². The zero-order valence-corrected chi connectivity index (χ0v) is 17.7. The number of carbonyl (C=O) groups is 2. The Kier molecular flexibility index (Phi) is 6.10. The molecule has 0 atom stereocenters. The molecule has 1 aromatic carbocycles. The Labute approximate surface area is 180 Å². The minimum absolute atomic E-state index is 0.0590. The number of aromatic nitrogens is 2. The van der Waals surface area contributed by atoms with E-state index in [0.29, 0.717) is 10.8 Å². The Morgan fingerprint density at radius 1 is 1.17 bits per heavy atom. The number of rotatable bonds is 6. The van der Waals surface area contributed by atoms with Crippen molar-refractivity contribution in [3.05, 3.63) is 65.7 Å². The summed E-state index contributed by atoms with van der Waals surface area (Å²) in [5.74, 6) is 0.260. The fraction of sp³-hybridized carbons (Fsp3) is 0.143. The van der Waals surface area contributed by atoms with Crippen LogP contribution in [0.25, 0.3) is 21.3 Å². The molecule has 30 heavy (non-hydrogen) atoms. The highest BCUT2D eigenvalue weighted by molar-refractivity contribution is 8.00. The first-order valence-corrected chi connectivity index (χ1v) is 11.0. The number of carbonyl (C=O) groups excluding carboxylic acids is 2. The van der Waals surface area contributed by atoms with Gasteiger partial charge in [0.25, 0.3) is 0 Å². The standard InChI is InChI=1S/C21H18N4O3S2/c1-13-4-6-14(7-5-13)16-10-29-19-18(16)20(24-12-23-19)30-11-17(26)25-21(27)22-9-15-3-2-8-28-15/h2-8,10,12H,9,11H2,1H3,(H2,22,25,26,27). The quantitative estimate of drug-likeness (QED) is 0.343. The molecule has 9 heteroatoms. The van der Waals surface area contributed by atoms with E-state index in [1.54, 1.807) is 12.1 Å². The van der Waals surface area contributed by atoms with Crippen molar-refractivity contribution in [2.45, 2.75) is 18.5 Å². The van der Waals surface area contributed by atoms with E-state index in [9.17, 15) is 9.59 Å². The number of furan rings is 1. The minimum atomic E-state index is -0.569. The van der Waals surface area contributed by atoms with Gasteiger partial charge in [0.15, 0.2) is 0 Å². The Balaban J connectivity index is 1.42. The van der Waals surface area contributed by atoms with Crippen LogP contribution in [0.3, 0.4) is 0 Å². The van der Waals surface area contributed by atoms with Crippen molar-refractivity contribution >= 4 is 45.3 Å². The van der Waals surface area contributed by atoms with Crippen molar-refractivity contribution in [1.29, 1.82) is 0 Å². The van der Waals surface area contributed by atoms with Crippen molar-refractivity contribution in [1.82, 2.24) is 20.6 Å². The molecule has 4 aromatic rings. The maximum absolute atomic E-state index is 12.2. The van der Waals surface area contributed by atoms with E-state index in [1.165, 1.54) is 41.3 Å². The summed E-state index contributed by atoms with van der Waals surface area (Å²) in [5, 5.41) is 8.58. The molecule has 0 fully saturated rings. The smallest absolute Gasteiger partial charge is 0.321 e. The van der Waals surface area contributed by atoms with Gasteiger partial charge in [0.1, 0.15) is 21.9 Å². The lowest BCUT2D eigenvalue weighted by Gasteiger charge is -2.07. The van der Waals surface area contributed by atoms with Crippen LogP contribution in [-0.4, -0.2) is 27.7 Å². The molecule has 7 nitrogen and oxygen atoms in total. The number of imide groups is 1. The fourth-order valence-electron chi connectivity index (χ4n) is 2.82. The fourth-order valence-corrected chi connectivity index (χ4v) is 4.62. The molecule has 3 heterocycles. The largest absolute Gasteiger partial charge is 0.467 e. The van der Waals surface area contributed by atoms with Gasteiger partial charge in [-0.25, -0.2) is 14.8 Å². The molecular formula is C21H18N4O3S2. The third kappa shape index (κ3) is 4.69. The highest BCUT2D eigenvalue weighted by Crippen LogP contribution is 2.37. The van der Waals surface area contributed by atoms with Gasteiger partial charge in [0, 0.05) is 10.9 Å². The van der Waals surface area contributed by atoms with Crippen molar-refractivity contribution in [2.24, 2.45) is 0 Å². The Bertz CT molecular complexity index is 1170. The summed E-state index contributed by atoms with van der Waals surface area (Å²) in [7, 11) is 0. The van der Waals surface area contributed by atoms with Gasteiger partial charge in [0.2, 0.25) is 5.91 Å². The van der Waals surface area contributed by atoms with Crippen molar-refractivity contribution in [3.8, 4) is 11.1 Å². The number of urea groups is 1. The number of fused-ring (bicyclic) bond motifs is 1. The Morgan fingerprint density at radius 3 is 2.77 bits per heavy atom. The third-order valence-electron chi connectivity index (χ3n) is 4.29. The number of nitrogens with one attached hydrogen (secondary N) is 2. The number of hydrogen-bond acceptors (Lipinski definition) is 7. The van der Waals surface area contributed by atoms with Gasteiger partial charge in [-0.3, -0.25) is 10.1 Å². The second-order valence-electron chi connectivity index (χ2n) is 6.47. The average molecular weight is 439 g/mol. The SMILES string of the molecule is Cc1ccc(-c2csc3ncnc(SCC(=O)NC(=O)NCc4ccco4)c23)cc1. The van der Waals surface area contributed by atoms with Crippen LogP contribution in [0.2, 0.25) is 0 Å². The third-order valence-corrected chi connectivity index (χ3v) is 6.17. The van der Waals surface area contributed by atoms with Crippen LogP contribution in [0.15, 0.2) is 63.8 Å². The van der Waals surface area contributed by atoms with E-state index in [1.807, 2.05) is 6.92 Å². The zero-order chi connectivity index (χ0) is 20.9. The highest BCUT2D eigenvalue weighted by Gasteiger charge is 2.15. The monoisotopic (exact) mass is 438 g/mol. The molecule has 2 N–H and O–H groups in total. The number of amides is 3. The molecule has 0 saturated carbocycles. The molecule has 0 unspecified atom stereocenters. The number of thioether (sulfide) groups is 1. The summed E-state index contributed by atoms with van der Waals surface area (Å²) >= 11 is 2.82. The van der Waals surface area contributed by atoms with Crippen LogP contribution in [0.4, 0.5) is 4.79 Å². The van der Waals surface area contributed by atoms with E-state index >= 15 is 0 Å². The lowest BCUT2D eigenvalue weighted by molar-refractivity contribution is -0.117.